The van der Waals surface area contributed by atoms with Crippen molar-refractivity contribution in [2.24, 2.45) is 0 Å². The first kappa shape index (κ1) is 4.52. The van der Waals surface area contributed by atoms with E-state index in [0.29, 0.717) is 0 Å². The second kappa shape index (κ2) is 0.666. The first-order valence-corrected chi connectivity index (χ1v) is 5.18. The average Bonchev–Trinajstić information content (AvgIpc) is 1.73. The van der Waals surface area contributed by atoms with E-state index in [4.69, 9.17) is 12.3 Å². The van der Waals surface area contributed by atoms with Gasteiger partial charge in [0.15, 0.2) is 0 Å². The summed E-state index contributed by atoms with van der Waals surface area (Å²) >= 11 is -5.24. The molecular weight excluding hydrogens is 155 g/mol. The van der Waals surface area contributed by atoms with Gasteiger partial charge in [-0.3, -0.25) is 0 Å². The molecule has 0 amide bonds. The van der Waals surface area contributed by atoms with Gasteiger partial charge in [0, 0.05) is 0 Å². The summed E-state index contributed by atoms with van der Waals surface area (Å²) in [5, 5.41) is 0. The Hall–Kier alpha value is 0.358. The Kier molecular flexibility index (Phi) is 0.502. The van der Waals surface area contributed by atoms with Gasteiger partial charge in [-0.15, -0.1) is 0 Å². The van der Waals surface area contributed by atoms with Crippen LogP contribution in [0.25, 0.3) is 0 Å². The molecular formula is H3AsO5. The average molecular weight is 158 g/mol. The van der Waals surface area contributed by atoms with Crippen molar-refractivity contribution < 1.29 is 20.0 Å². The summed E-state index contributed by atoms with van der Waals surface area (Å²) in [5.41, 5.74) is 0. The Morgan fingerprint density at radius 3 is 1.17 bits per heavy atom. The first-order valence-electron chi connectivity index (χ1n) is 1.13. The molecule has 1 aliphatic heterocycles. The van der Waals surface area contributed by atoms with Crippen LogP contribution < -0.4 is 0 Å². The van der Waals surface area contributed by atoms with Crippen LogP contribution in [-0.2, 0) is 7.75 Å². The molecule has 3 N–H and O–H groups in total. The molecule has 0 aliphatic carbocycles. The summed E-state index contributed by atoms with van der Waals surface area (Å²) in [6, 6.07) is 0. The van der Waals surface area contributed by atoms with Crippen molar-refractivity contribution in [3.05, 3.63) is 0 Å². The molecule has 0 unspecified atom stereocenters. The van der Waals surface area contributed by atoms with Crippen LogP contribution in [0.2, 0.25) is 0 Å². The third-order valence-electron chi connectivity index (χ3n) is 0.275. The van der Waals surface area contributed by atoms with Crippen molar-refractivity contribution in [2.75, 3.05) is 0 Å². The molecule has 0 aromatic heterocycles. The molecule has 5 nitrogen and oxygen atoms in total. The van der Waals surface area contributed by atoms with E-state index in [2.05, 4.69) is 7.75 Å². The van der Waals surface area contributed by atoms with E-state index in [9.17, 15) is 0 Å². The summed E-state index contributed by atoms with van der Waals surface area (Å²) in [5.74, 6) is 0. The molecule has 1 saturated heterocycles. The SMILES string of the molecule is O[As]1(O)(O)OO1. The molecule has 0 radical (unpaired) electrons. The van der Waals surface area contributed by atoms with E-state index in [1.54, 1.807) is 0 Å². The Morgan fingerprint density at radius 2 is 1.17 bits per heavy atom. The van der Waals surface area contributed by atoms with Crippen LogP contribution in [0.5, 0.6) is 0 Å². The normalized spacial score (nSPS) is 42.8. The standard InChI is InChI=1S/AsH3O5/c2-1(3,4)5-6-1/h2-4H. The second-order valence-corrected chi connectivity index (χ2v) is 5.10. The molecule has 38 valence electrons. The van der Waals surface area contributed by atoms with Crippen LogP contribution in [0.1, 0.15) is 0 Å². The Balaban J connectivity index is 2.67. The Labute approximate surface area is 35.1 Å². The molecule has 0 aromatic carbocycles. The summed E-state index contributed by atoms with van der Waals surface area (Å²) in [6.07, 6.45) is 0. The van der Waals surface area contributed by atoms with Crippen LogP contribution in [0.3, 0.4) is 0 Å². The quantitative estimate of drug-likeness (QED) is 0.212. The van der Waals surface area contributed by atoms with Crippen molar-refractivity contribution in [1.82, 2.24) is 0 Å². The van der Waals surface area contributed by atoms with Crippen molar-refractivity contribution in [3.63, 3.8) is 0 Å². The van der Waals surface area contributed by atoms with Gasteiger partial charge in [0.25, 0.3) is 0 Å². The van der Waals surface area contributed by atoms with Gasteiger partial charge in [-0.25, -0.2) is 0 Å². The molecule has 1 fully saturated rings. The first-order chi connectivity index (χ1) is 2.47. The fourth-order valence-corrected chi connectivity index (χ4v) is 1.21. The minimum atomic E-state index is -5.24. The molecule has 1 heterocycles. The van der Waals surface area contributed by atoms with Gasteiger partial charge in [0.2, 0.25) is 0 Å². The topological polar surface area (TPSA) is 85.8 Å². The van der Waals surface area contributed by atoms with Gasteiger partial charge >= 0.3 is 34.2 Å². The van der Waals surface area contributed by atoms with Crippen molar-refractivity contribution >= 4 is 14.2 Å². The van der Waals surface area contributed by atoms with E-state index in [-0.39, 0.29) is 0 Å². The maximum atomic E-state index is 7.94. The van der Waals surface area contributed by atoms with Crippen molar-refractivity contribution in [3.8, 4) is 0 Å². The Morgan fingerprint density at radius 1 is 1.00 bits per heavy atom. The molecule has 0 bridgehead atoms. The third kappa shape index (κ3) is 0.908. The zero-order chi connectivity index (χ0) is 4.86. The molecule has 0 spiro atoms. The van der Waals surface area contributed by atoms with Gasteiger partial charge in [0.05, 0.1) is 0 Å². The van der Waals surface area contributed by atoms with E-state index in [1.165, 1.54) is 0 Å². The van der Waals surface area contributed by atoms with E-state index < -0.39 is 14.2 Å². The van der Waals surface area contributed by atoms with Gasteiger partial charge in [-0.05, 0) is 0 Å². The minimum absolute atomic E-state index is 3.43. The van der Waals surface area contributed by atoms with Crippen molar-refractivity contribution in [1.29, 1.82) is 0 Å². The molecule has 6 heteroatoms. The summed E-state index contributed by atoms with van der Waals surface area (Å²) in [7, 11) is 0. The zero-order valence-electron chi connectivity index (χ0n) is 2.61. The molecule has 1 aliphatic rings. The molecule has 6 heavy (non-hydrogen) atoms. The van der Waals surface area contributed by atoms with Crippen molar-refractivity contribution in [2.45, 2.75) is 0 Å². The summed E-state index contributed by atoms with van der Waals surface area (Å²) < 4.78 is 30.7. The molecule has 0 aromatic rings. The predicted molar refractivity (Wildman–Crippen MR) is 14.6 cm³/mol. The number of hydrogen-bond acceptors (Lipinski definition) is 5. The van der Waals surface area contributed by atoms with Gasteiger partial charge in [-0.1, -0.05) is 0 Å². The summed E-state index contributed by atoms with van der Waals surface area (Å²) in [4.78, 5) is 0. The van der Waals surface area contributed by atoms with Crippen LogP contribution in [0.4, 0.5) is 0 Å². The molecule has 0 atom stereocenters. The fraction of sp³-hybridized carbons (Fsp3) is 0. The number of hydrogen-bond donors (Lipinski definition) is 3. The van der Waals surface area contributed by atoms with Crippen LogP contribution in [0, 0.1) is 0 Å². The maximum absolute atomic E-state index is 7.94. The zero-order valence-corrected chi connectivity index (χ0v) is 4.48. The third-order valence-corrected chi connectivity index (χ3v) is 1.43. The van der Waals surface area contributed by atoms with Crippen LogP contribution >= 0.6 is 0 Å². The predicted octanol–water partition coefficient (Wildman–Crippen LogP) is -2.19. The Bertz CT molecular complexity index is 67.7. The van der Waals surface area contributed by atoms with Gasteiger partial charge < -0.3 is 0 Å². The van der Waals surface area contributed by atoms with Gasteiger partial charge in [-0.2, -0.15) is 0 Å². The van der Waals surface area contributed by atoms with E-state index >= 15 is 0 Å². The summed E-state index contributed by atoms with van der Waals surface area (Å²) in [6.45, 7) is 0. The van der Waals surface area contributed by atoms with E-state index in [1.807, 2.05) is 0 Å². The second-order valence-electron chi connectivity index (χ2n) is 0.982. The van der Waals surface area contributed by atoms with Crippen LogP contribution in [-0.4, -0.2) is 26.4 Å². The molecule has 1 rings (SSSR count). The fourth-order valence-electron chi connectivity index (χ4n) is 0.0447. The number of rotatable bonds is 0. The monoisotopic (exact) mass is 158 g/mol. The van der Waals surface area contributed by atoms with Gasteiger partial charge in [0.1, 0.15) is 0 Å². The van der Waals surface area contributed by atoms with E-state index in [0.717, 1.165) is 0 Å². The van der Waals surface area contributed by atoms with Crippen LogP contribution in [0.15, 0.2) is 0 Å². The molecule has 0 saturated carbocycles.